The fraction of sp³-hybridized carbons (Fsp3) is 0. The van der Waals surface area contributed by atoms with Crippen molar-refractivity contribution in [1.29, 1.82) is 0 Å². The molecule has 0 aliphatic rings. The van der Waals surface area contributed by atoms with Crippen LogP contribution < -0.4 is 0 Å². The van der Waals surface area contributed by atoms with Crippen molar-refractivity contribution in [3.63, 3.8) is 0 Å². The summed E-state index contributed by atoms with van der Waals surface area (Å²) in [6, 6.07) is 0. The third kappa shape index (κ3) is 3.53. The van der Waals surface area contributed by atoms with E-state index in [9.17, 15) is 14.2 Å². The lowest BCUT2D eigenvalue weighted by Gasteiger charge is -1.85. The predicted octanol–water partition coefficient (Wildman–Crippen LogP) is -0.242. The van der Waals surface area contributed by atoms with Gasteiger partial charge < -0.3 is 4.89 Å². The second-order valence-electron chi connectivity index (χ2n) is 0.896. The number of nitrogens with zero attached hydrogens (tertiary/aromatic N) is 2. The molecule has 48 valence electrons. The van der Waals surface area contributed by atoms with Gasteiger partial charge in [-0.05, 0) is 0 Å². The Balaban J connectivity index is 4.59. The van der Waals surface area contributed by atoms with Gasteiger partial charge >= 0.3 is 7.67 Å². The van der Waals surface area contributed by atoms with Crippen molar-refractivity contribution >= 4 is 19.8 Å². The van der Waals surface area contributed by atoms with Gasteiger partial charge in [-0.25, -0.2) is 14.2 Å². The minimum atomic E-state index is -4.29. The summed E-state index contributed by atoms with van der Waals surface area (Å²) in [5, 5.41) is 0. The van der Waals surface area contributed by atoms with Gasteiger partial charge in [-0.2, -0.15) is 0 Å². The van der Waals surface area contributed by atoms with Crippen LogP contribution in [0.1, 0.15) is 0 Å². The van der Waals surface area contributed by atoms with E-state index >= 15 is 0 Å². The maximum atomic E-state index is 10.1. The number of carbonyl (C=O) groups excluding carboxylic acids is 2. The Kier molecular flexibility index (Phi) is 2.71. The molecular formula is C2HN2O4P. The van der Waals surface area contributed by atoms with Gasteiger partial charge in [0, 0.05) is 0 Å². The number of hydrogen-bond donors (Lipinski definition) is 1. The van der Waals surface area contributed by atoms with Gasteiger partial charge in [0.15, 0.2) is 0 Å². The Bertz CT molecular complexity index is 213. The van der Waals surface area contributed by atoms with Crippen LogP contribution in [0.3, 0.4) is 0 Å². The molecule has 0 bridgehead atoms. The summed E-state index contributed by atoms with van der Waals surface area (Å²) in [5.41, 5.74) is 0. The zero-order chi connectivity index (χ0) is 7.33. The van der Waals surface area contributed by atoms with Crippen LogP contribution in [0.2, 0.25) is 0 Å². The molecule has 7 heteroatoms. The van der Waals surface area contributed by atoms with Gasteiger partial charge in [0.2, 0.25) is 12.2 Å². The third-order valence-electron chi connectivity index (χ3n) is 0.342. The molecule has 0 aromatic carbocycles. The molecule has 0 spiro atoms. The van der Waals surface area contributed by atoms with E-state index in [4.69, 9.17) is 4.89 Å². The summed E-state index contributed by atoms with van der Waals surface area (Å²) in [5.74, 6) is 0. The molecule has 0 aromatic heterocycles. The first kappa shape index (κ1) is 7.95. The second kappa shape index (κ2) is 3.07. The molecule has 0 unspecified atom stereocenters. The van der Waals surface area contributed by atoms with E-state index in [1.54, 1.807) is 0 Å². The molecule has 0 heterocycles. The summed E-state index contributed by atoms with van der Waals surface area (Å²) in [7, 11) is -4.29. The first-order chi connectivity index (χ1) is 4.12. The van der Waals surface area contributed by atoms with Crippen molar-refractivity contribution < 1.29 is 19.0 Å². The van der Waals surface area contributed by atoms with Crippen LogP contribution in [0.25, 0.3) is 0 Å². The fourth-order valence-electron chi connectivity index (χ4n) is 0.129. The lowest BCUT2D eigenvalue weighted by Crippen LogP contribution is -1.66. The van der Waals surface area contributed by atoms with Gasteiger partial charge in [0.1, 0.15) is 0 Å². The van der Waals surface area contributed by atoms with E-state index in [-0.39, 0.29) is 0 Å². The topological polar surface area (TPSA) is 96.2 Å². The van der Waals surface area contributed by atoms with E-state index in [0.29, 0.717) is 0 Å². The van der Waals surface area contributed by atoms with Crippen molar-refractivity contribution in [3.8, 4) is 0 Å². The SMILES string of the molecule is O=C=NP(=O)(O)N=C=O. The lowest BCUT2D eigenvalue weighted by atomic mass is 11.7. The van der Waals surface area contributed by atoms with Crippen LogP contribution in [-0.4, -0.2) is 17.1 Å². The molecule has 6 nitrogen and oxygen atoms in total. The average molecular weight is 148 g/mol. The normalized spacial score (nSPS) is 14.3. The molecule has 0 rings (SSSR count). The molecule has 0 fully saturated rings. The largest absolute Gasteiger partial charge is 0.452 e. The van der Waals surface area contributed by atoms with Crippen molar-refractivity contribution in [2.75, 3.05) is 0 Å². The van der Waals surface area contributed by atoms with E-state index in [2.05, 4.69) is 9.53 Å². The van der Waals surface area contributed by atoms with Crippen molar-refractivity contribution in [1.82, 2.24) is 0 Å². The van der Waals surface area contributed by atoms with Crippen LogP contribution in [0.5, 0.6) is 0 Å². The van der Waals surface area contributed by atoms with Gasteiger partial charge in [-0.3, -0.25) is 0 Å². The standard InChI is InChI=1S/C2HN2O4P/c5-1-3-9(7,8)4-2-6/h(H,7,8). The molecule has 0 aliphatic heterocycles. The van der Waals surface area contributed by atoms with Crippen molar-refractivity contribution in [2.45, 2.75) is 0 Å². The molecular weight excluding hydrogens is 147 g/mol. The third-order valence-corrected chi connectivity index (χ3v) is 1.03. The molecule has 0 atom stereocenters. The minimum Gasteiger partial charge on any atom is -0.310 e. The zero-order valence-electron chi connectivity index (χ0n) is 4.01. The molecule has 0 amide bonds. The van der Waals surface area contributed by atoms with Gasteiger partial charge in [-0.15, -0.1) is 0 Å². The highest BCUT2D eigenvalue weighted by atomic mass is 31.2. The quantitative estimate of drug-likeness (QED) is 0.332. The Hall–Kier alpha value is -1.05. The minimum absolute atomic E-state index is 0.782. The first-order valence-electron chi connectivity index (χ1n) is 1.64. The van der Waals surface area contributed by atoms with Gasteiger partial charge in [-0.1, -0.05) is 9.53 Å². The molecule has 0 saturated carbocycles. The molecule has 0 aromatic rings. The van der Waals surface area contributed by atoms with Gasteiger partial charge in [0.05, 0.1) is 0 Å². The van der Waals surface area contributed by atoms with Crippen LogP contribution in [-0.2, 0) is 14.2 Å². The van der Waals surface area contributed by atoms with E-state index in [1.807, 2.05) is 0 Å². The maximum absolute atomic E-state index is 10.1. The van der Waals surface area contributed by atoms with Crippen LogP contribution in [0, 0.1) is 0 Å². The Morgan fingerprint density at radius 2 is 1.56 bits per heavy atom. The summed E-state index contributed by atoms with van der Waals surface area (Å²) in [6.07, 6.45) is 1.56. The highest BCUT2D eigenvalue weighted by Gasteiger charge is 2.12. The van der Waals surface area contributed by atoms with Crippen LogP contribution >= 0.6 is 7.67 Å². The van der Waals surface area contributed by atoms with E-state index in [0.717, 1.165) is 12.2 Å². The molecule has 0 aliphatic carbocycles. The summed E-state index contributed by atoms with van der Waals surface area (Å²) < 4.78 is 14.8. The van der Waals surface area contributed by atoms with E-state index in [1.165, 1.54) is 0 Å². The highest BCUT2D eigenvalue weighted by Crippen LogP contribution is 2.42. The van der Waals surface area contributed by atoms with Crippen molar-refractivity contribution in [2.24, 2.45) is 9.53 Å². The molecule has 0 radical (unpaired) electrons. The molecule has 9 heavy (non-hydrogen) atoms. The predicted molar refractivity (Wildman–Crippen MR) is 26.1 cm³/mol. The van der Waals surface area contributed by atoms with Gasteiger partial charge in [0.25, 0.3) is 0 Å². The maximum Gasteiger partial charge on any atom is 0.452 e. The number of isocyanates is 2. The highest BCUT2D eigenvalue weighted by molar-refractivity contribution is 7.55. The Morgan fingerprint density at radius 3 is 1.78 bits per heavy atom. The Morgan fingerprint density at radius 1 is 1.22 bits per heavy atom. The summed E-state index contributed by atoms with van der Waals surface area (Å²) in [6.45, 7) is 0. The Labute approximate surface area is 49.5 Å². The molecule has 1 N–H and O–H groups in total. The second-order valence-corrected chi connectivity index (χ2v) is 2.32. The summed E-state index contributed by atoms with van der Waals surface area (Å²) >= 11 is 0. The van der Waals surface area contributed by atoms with Crippen molar-refractivity contribution in [3.05, 3.63) is 0 Å². The fourth-order valence-corrected chi connectivity index (χ4v) is 0.386. The summed E-state index contributed by atoms with van der Waals surface area (Å²) in [4.78, 5) is 26.8. The van der Waals surface area contributed by atoms with Crippen LogP contribution in [0.4, 0.5) is 0 Å². The first-order valence-corrected chi connectivity index (χ1v) is 3.20. The smallest absolute Gasteiger partial charge is 0.310 e. The van der Waals surface area contributed by atoms with Crippen LogP contribution in [0.15, 0.2) is 9.53 Å². The molecule has 0 saturated heterocycles. The lowest BCUT2D eigenvalue weighted by molar-refractivity contribution is 0.479. The van der Waals surface area contributed by atoms with E-state index < -0.39 is 7.67 Å². The number of hydrogen-bond acceptors (Lipinski definition) is 3. The number of rotatable bonds is 2. The zero-order valence-corrected chi connectivity index (χ0v) is 4.91. The average Bonchev–Trinajstić information content (AvgIpc) is 1.64. The monoisotopic (exact) mass is 148 g/mol.